The minimum atomic E-state index is -0.447. The third-order valence-corrected chi connectivity index (χ3v) is 4.35. The second-order valence-electron chi connectivity index (χ2n) is 6.80. The quantitative estimate of drug-likeness (QED) is 0.449. The highest BCUT2D eigenvalue weighted by atomic mass is 16.5. The van der Waals surface area contributed by atoms with E-state index in [-0.39, 0.29) is 11.8 Å². The van der Waals surface area contributed by atoms with Crippen molar-refractivity contribution >= 4 is 29.2 Å². The molecule has 0 bridgehead atoms. The predicted molar refractivity (Wildman–Crippen MR) is 107 cm³/mol. The van der Waals surface area contributed by atoms with Crippen molar-refractivity contribution in [3.63, 3.8) is 0 Å². The Morgan fingerprint density at radius 1 is 0.964 bits per heavy atom. The number of rotatable bonds is 6. The van der Waals surface area contributed by atoms with Crippen molar-refractivity contribution in [3.05, 3.63) is 65.7 Å². The lowest BCUT2D eigenvalue weighted by Gasteiger charge is -2.08. The first kappa shape index (κ1) is 19.4. The molecule has 2 N–H and O–H groups in total. The van der Waals surface area contributed by atoms with Crippen LogP contribution in [0.25, 0.3) is 0 Å². The fourth-order valence-electron chi connectivity index (χ4n) is 2.75. The van der Waals surface area contributed by atoms with Gasteiger partial charge in [0, 0.05) is 29.9 Å². The van der Waals surface area contributed by atoms with E-state index in [0.717, 1.165) is 18.4 Å². The van der Waals surface area contributed by atoms with E-state index in [1.807, 2.05) is 6.92 Å². The molecule has 1 aliphatic carbocycles. The maximum Gasteiger partial charge on any atom is 0.308 e. The molecule has 0 aliphatic heterocycles. The molecule has 0 aromatic heterocycles. The maximum atomic E-state index is 12.4. The van der Waals surface area contributed by atoms with Gasteiger partial charge in [-0.25, -0.2) is 0 Å². The summed E-state index contributed by atoms with van der Waals surface area (Å²) in [7, 11) is 0. The Bertz CT molecular complexity index is 928. The minimum absolute atomic E-state index is 0.150. The number of hydrogen-bond acceptors (Lipinski definition) is 4. The van der Waals surface area contributed by atoms with Crippen LogP contribution in [0.2, 0.25) is 0 Å². The number of esters is 1. The molecule has 6 nitrogen and oxygen atoms in total. The topological polar surface area (TPSA) is 84.5 Å². The van der Waals surface area contributed by atoms with Gasteiger partial charge in [-0.3, -0.25) is 14.4 Å². The summed E-state index contributed by atoms with van der Waals surface area (Å²) in [6.45, 7) is 3.28. The molecular weight excluding hydrogens is 356 g/mol. The van der Waals surface area contributed by atoms with Crippen LogP contribution in [0, 0.1) is 5.92 Å². The van der Waals surface area contributed by atoms with Crippen molar-refractivity contribution in [1.29, 1.82) is 0 Å². The van der Waals surface area contributed by atoms with Crippen LogP contribution < -0.4 is 15.4 Å². The SMILES string of the molecule is CC(=O)Oc1cccc(C(=O)Nc2ccc(NC(=O)/C=C(\C)C3CC3)cc2)c1. The normalized spacial score (nSPS) is 13.6. The number of hydrogen-bond donors (Lipinski definition) is 2. The number of carbonyl (C=O) groups is 3. The third-order valence-electron chi connectivity index (χ3n) is 4.35. The average Bonchev–Trinajstić information content (AvgIpc) is 3.48. The van der Waals surface area contributed by atoms with Gasteiger partial charge in [-0.15, -0.1) is 0 Å². The average molecular weight is 378 g/mol. The Labute approximate surface area is 163 Å². The highest BCUT2D eigenvalue weighted by Crippen LogP contribution is 2.35. The van der Waals surface area contributed by atoms with E-state index in [1.165, 1.54) is 13.0 Å². The van der Waals surface area contributed by atoms with Crippen LogP contribution in [0.5, 0.6) is 5.75 Å². The van der Waals surface area contributed by atoms with Crippen molar-refractivity contribution in [1.82, 2.24) is 0 Å². The molecule has 0 heterocycles. The number of carbonyl (C=O) groups excluding carboxylic acids is 3. The summed E-state index contributed by atoms with van der Waals surface area (Å²) in [5.74, 6) is -0.0509. The molecule has 2 amide bonds. The summed E-state index contributed by atoms with van der Waals surface area (Å²) in [6.07, 6.45) is 3.96. The predicted octanol–water partition coefficient (Wildman–Crippen LogP) is 4.16. The zero-order valence-electron chi connectivity index (χ0n) is 15.8. The molecule has 1 aliphatic rings. The van der Waals surface area contributed by atoms with E-state index < -0.39 is 5.97 Å². The van der Waals surface area contributed by atoms with Crippen LogP contribution in [0.1, 0.15) is 37.0 Å². The first-order valence-electron chi connectivity index (χ1n) is 9.10. The second-order valence-corrected chi connectivity index (χ2v) is 6.80. The first-order valence-corrected chi connectivity index (χ1v) is 9.10. The molecule has 2 aromatic carbocycles. The van der Waals surface area contributed by atoms with Gasteiger partial charge < -0.3 is 15.4 Å². The van der Waals surface area contributed by atoms with E-state index in [0.29, 0.717) is 28.6 Å². The van der Waals surface area contributed by atoms with Crippen molar-refractivity contribution in [3.8, 4) is 5.75 Å². The van der Waals surface area contributed by atoms with Crippen molar-refractivity contribution < 1.29 is 19.1 Å². The van der Waals surface area contributed by atoms with E-state index in [9.17, 15) is 14.4 Å². The fraction of sp³-hybridized carbons (Fsp3) is 0.227. The van der Waals surface area contributed by atoms with Gasteiger partial charge in [0.15, 0.2) is 0 Å². The number of allylic oxidation sites excluding steroid dienone is 1. The highest BCUT2D eigenvalue weighted by molar-refractivity contribution is 6.05. The third kappa shape index (κ3) is 5.54. The van der Waals surface area contributed by atoms with Crippen molar-refractivity contribution in [2.75, 3.05) is 10.6 Å². The van der Waals surface area contributed by atoms with Gasteiger partial charge in [-0.2, -0.15) is 0 Å². The Morgan fingerprint density at radius 3 is 2.21 bits per heavy atom. The number of ether oxygens (including phenoxy) is 1. The Balaban J connectivity index is 1.59. The molecule has 2 aromatic rings. The van der Waals surface area contributed by atoms with Crippen LogP contribution in [0.3, 0.4) is 0 Å². The van der Waals surface area contributed by atoms with Crippen molar-refractivity contribution in [2.24, 2.45) is 5.92 Å². The Morgan fingerprint density at radius 2 is 1.61 bits per heavy atom. The largest absolute Gasteiger partial charge is 0.427 e. The zero-order chi connectivity index (χ0) is 20.1. The Hall–Kier alpha value is -3.41. The Kier molecular flexibility index (Phi) is 5.89. The standard InChI is InChI=1S/C22H22N2O4/c1-14(16-6-7-16)12-21(26)23-18-8-10-19(11-9-18)24-22(27)17-4-3-5-20(13-17)28-15(2)25/h3-5,8-13,16H,6-7H2,1-2H3,(H,23,26)(H,24,27)/b14-12+. The summed E-state index contributed by atoms with van der Waals surface area (Å²) >= 11 is 0. The fourth-order valence-corrected chi connectivity index (χ4v) is 2.75. The molecule has 28 heavy (non-hydrogen) atoms. The highest BCUT2D eigenvalue weighted by Gasteiger charge is 2.23. The molecule has 0 atom stereocenters. The monoisotopic (exact) mass is 378 g/mol. The number of nitrogens with one attached hydrogen (secondary N) is 2. The molecule has 1 saturated carbocycles. The van der Waals surface area contributed by atoms with Crippen LogP contribution >= 0.6 is 0 Å². The molecule has 3 rings (SSSR count). The molecule has 0 spiro atoms. The van der Waals surface area contributed by atoms with Gasteiger partial charge in [0.25, 0.3) is 5.91 Å². The number of amides is 2. The number of benzene rings is 2. The molecule has 1 fully saturated rings. The smallest absolute Gasteiger partial charge is 0.308 e. The summed E-state index contributed by atoms with van der Waals surface area (Å²) in [5.41, 5.74) is 2.72. The van der Waals surface area contributed by atoms with E-state index in [4.69, 9.17) is 4.74 Å². The van der Waals surface area contributed by atoms with Gasteiger partial charge in [0.2, 0.25) is 5.91 Å². The maximum absolute atomic E-state index is 12.4. The van der Waals surface area contributed by atoms with Crippen LogP contribution in [-0.4, -0.2) is 17.8 Å². The van der Waals surface area contributed by atoms with Gasteiger partial charge in [-0.05, 0) is 68.1 Å². The second kappa shape index (κ2) is 8.52. The van der Waals surface area contributed by atoms with Gasteiger partial charge in [0.05, 0.1) is 0 Å². The van der Waals surface area contributed by atoms with Crippen LogP contribution in [-0.2, 0) is 9.59 Å². The first-order chi connectivity index (χ1) is 13.4. The molecule has 0 saturated heterocycles. The van der Waals surface area contributed by atoms with Crippen molar-refractivity contribution in [2.45, 2.75) is 26.7 Å². The van der Waals surface area contributed by atoms with E-state index in [2.05, 4.69) is 10.6 Å². The summed E-state index contributed by atoms with van der Waals surface area (Å²) in [6, 6.07) is 13.2. The minimum Gasteiger partial charge on any atom is -0.427 e. The van der Waals surface area contributed by atoms with Crippen LogP contribution in [0.15, 0.2) is 60.2 Å². The zero-order valence-corrected chi connectivity index (χ0v) is 15.8. The van der Waals surface area contributed by atoms with Gasteiger partial charge in [-0.1, -0.05) is 11.6 Å². The lowest BCUT2D eigenvalue weighted by atomic mass is 10.2. The van der Waals surface area contributed by atoms with Gasteiger partial charge in [0.1, 0.15) is 5.75 Å². The number of anilines is 2. The molecular formula is C22H22N2O4. The summed E-state index contributed by atoms with van der Waals surface area (Å²) < 4.78 is 4.99. The molecule has 0 unspecified atom stereocenters. The van der Waals surface area contributed by atoms with E-state index >= 15 is 0 Å². The molecule has 6 heteroatoms. The van der Waals surface area contributed by atoms with Gasteiger partial charge >= 0.3 is 5.97 Å². The molecule has 0 radical (unpaired) electrons. The van der Waals surface area contributed by atoms with E-state index in [1.54, 1.807) is 48.5 Å². The summed E-state index contributed by atoms with van der Waals surface area (Å²) in [5, 5.41) is 5.59. The summed E-state index contributed by atoms with van der Waals surface area (Å²) in [4.78, 5) is 35.4. The van der Waals surface area contributed by atoms with Crippen LogP contribution in [0.4, 0.5) is 11.4 Å². The lowest BCUT2D eigenvalue weighted by Crippen LogP contribution is -2.13. The molecule has 144 valence electrons. The lowest BCUT2D eigenvalue weighted by molar-refractivity contribution is -0.131.